The molecule has 0 atom stereocenters. The zero-order chi connectivity index (χ0) is 24.2. The van der Waals surface area contributed by atoms with Crippen LogP contribution in [0.15, 0.2) is 63.4 Å². The fourth-order valence-electron chi connectivity index (χ4n) is 3.50. The van der Waals surface area contributed by atoms with Crippen LogP contribution in [-0.2, 0) is 5.54 Å². The van der Waals surface area contributed by atoms with Gasteiger partial charge >= 0.3 is 18.0 Å². The molecule has 0 bridgehead atoms. The van der Waals surface area contributed by atoms with Gasteiger partial charge in [0.25, 0.3) is 11.1 Å². The molecular formula is C20H13F6N5O2. The van der Waals surface area contributed by atoms with E-state index in [9.17, 15) is 35.9 Å². The number of pyridine rings is 1. The third-order valence-electron chi connectivity index (χ3n) is 5.04. The van der Waals surface area contributed by atoms with Crippen LogP contribution in [0.1, 0.15) is 16.7 Å². The van der Waals surface area contributed by atoms with E-state index in [-0.39, 0.29) is 11.3 Å². The van der Waals surface area contributed by atoms with E-state index < -0.39 is 46.4 Å². The number of alkyl halides is 6. The molecule has 0 fully saturated rings. The van der Waals surface area contributed by atoms with Gasteiger partial charge in [0, 0.05) is 18.0 Å². The highest BCUT2D eigenvalue weighted by molar-refractivity contribution is 6.09. The molecule has 1 aliphatic heterocycles. The average molecular weight is 469 g/mol. The van der Waals surface area contributed by atoms with Crippen molar-refractivity contribution in [1.29, 1.82) is 0 Å². The second kappa shape index (κ2) is 7.32. The minimum Gasteiger partial charge on any atom is -0.325 e. The van der Waals surface area contributed by atoms with E-state index in [4.69, 9.17) is 0 Å². The summed E-state index contributed by atoms with van der Waals surface area (Å²) in [7, 11) is 0. The molecule has 0 saturated heterocycles. The third-order valence-corrected chi connectivity index (χ3v) is 5.04. The molecular weight excluding hydrogens is 456 g/mol. The predicted octanol–water partition coefficient (Wildman–Crippen LogP) is 3.42. The van der Waals surface area contributed by atoms with E-state index in [1.807, 2.05) is 0 Å². The standard InChI is InChI=1S/C20H13F6N5O2/c1-10-4-6-12(7-5-10)31-15-13(16(32)29-17(31)33)18(19(21,22)23,20(24,25)26)30-14(28-15)11-3-2-8-27-9-11/h2-9H,1H3,(H,28,30)(H,29,32,33). The number of aromatic nitrogens is 3. The van der Waals surface area contributed by atoms with Gasteiger partial charge in [0.15, 0.2) is 0 Å². The van der Waals surface area contributed by atoms with Crippen LogP contribution < -0.4 is 16.6 Å². The average Bonchev–Trinajstić information content (AvgIpc) is 2.73. The molecule has 33 heavy (non-hydrogen) atoms. The maximum absolute atomic E-state index is 14.2. The van der Waals surface area contributed by atoms with Crippen LogP contribution in [0.2, 0.25) is 0 Å². The van der Waals surface area contributed by atoms with Crippen LogP contribution in [0.25, 0.3) is 5.69 Å². The Morgan fingerprint density at radius 3 is 2.15 bits per heavy atom. The van der Waals surface area contributed by atoms with Gasteiger partial charge in [0.05, 0.1) is 5.69 Å². The van der Waals surface area contributed by atoms with Crippen LogP contribution in [0, 0.1) is 6.92 Å². The summed E-state index contributed by atoms with van der Waals surface area (Å²) in [6, 6.07) is 8.09. The molecule has 7 nitrogen and oxygen atoms in total. The Morgan fingerprint density at radius 1 is 0.970 bits per heavy atom. The minimum atomic E-state index is -6.09. The Labute approximate surface area is 180 Å². The zero-order valence-corrected chi connectivity index (χ0v) is 16.5. The third kappa shape index (κ3) is 3.39. The predicted molar refractivity (Wildman–Crippen MR) is 106 cm³/mol. The van der Waals surface area contributed by atoms with Crippen molar-refractivity contribution in [3.63, 3.8) is 0 Å². The lowest BCUT2D eigenvalue weighted by molar-refractivity contribution is -0.301. The first-order valence-electron chi connectivity index (χ1n) is 9.24. The molecule has 172 valence electrons. The quantitative estimate of drug-likeness (QED) is 0.563. The molecule has 3 aromatic rings. The summed E-state index contributed by atoms with van der Waals surface area (Å²) in [5.41, 5.74) is -9.42. The number of amidine groups is 1. The van der Waals surface area contributed by atoms with Crippen LogP contribution in [-0.4, -0.2) is 32.7 Å². The lowest BCUT2D eigenvalue weighted by Crippen LogP contribution is -2.59. The molecule has 13 heteroatoms. The van der Waals surface area contributed by atoms with Gasteiger partial charge in [-0.25, -0.2) is 14.4 Å². The Kier molecular flexibility index (Phi) is 4.95. The number of anilines is 1. The Bertz CT molecular complexity index is 1340. The zero-order valence-electron chi connectivity index (χ0n) is 16.5. The molecule has 3 heterocycles. The highest BCUT2D eigenvalue weighted by Gasteiger charge is 2.75. The van der Waals surface area contributed by atoms with Gasteiger partial charge in [-0.2, -0.15) is 26.3 Å². The summed E-state index contributed by atoms with van der Waals surface area (Å²) in [6.45, 7) is 1.69. The van der Waals surface area contributed by atoms with Gasteiger partial charge in [0.2, 0.25) is 0 Å². The Balaban J connectivity index is 2.18. The highest BCUT2D eigenvalue weighted by atomic mass is 19.4. The van der Waals surface area contributed by atoms with Gasteiger partial charge in [0.1, 0.15) is 17.2 Å². The summed E-state index contributed by atoms with van der Waals surface area (Å²) >= 11 is 0. The van der Waals surface area contributed by atoms with Gasteiger partial charge < -0.3 is 5.32 Å². The lowest BCUT2D eigenvalue weighted by atomic mass is 9.87. The number of halogens is 6. The number of nitrogens with zero attached hydrogens (tertiary/aromatic N) is 3. The Hall–Kier alpha value is -3.90. The fraction of sp³-hybridized carbons (Fsp3) is 0.200. The van der Waals surface area contributed by atoms with Crippen molar-refractivity contribution >= 4 is 11.7 Å². The van der Waals surface area contributed by atoms with Gasteiger partial charge in [-0.3, -0.25) is 14.8 Å². The van der Waals surface area contributed by atoms with Crippen molar-refractivity contribution in [2.24, 2.45) is 4.99 Å². The summed E-state index contributed by atoms with van der Waals surface area (Å²) in [5.74, 6) is -1.87. The first-order valence-corrected chi connectivity index (χ1v) is 9.24. The number of hydrogen-bond donors (Lipinski definition) is 2. The second-order valence-electron chi connectivity index (χ2n) is 7.19. The van der Waals surface area contributed by atoms with Crippen molar-refractivity contribution in [3.05, 3.63) is 86.3 Å². The number of aryl methyl sites for hydroxylation is 1. The first-order chi connectivity index (χ1) is 15.4. The lowest BCUT2D eigenvalue weighted by Gasteiger charge is -2.38. The second-order valence-corrected chi connectivity index (χ2v) is 7.19. The molecule has 0 saturated carbocycles. The minimum absolute atomic E-state index is 0.0729. The molecule has 4 rings (SSSR count). The molecule has 0 spiro atoms. The number of benzene rings is 1. The molecule has 1 aromatic carbocycles. The molecule has 0 amide bonds. The molecule has 2 aromatic heterocycles. The maximum Gasteiger partial charge on any atom is 0.427 e. The molecule has 0 unspecified atom stereocenters. The van der Waals surface area contributed by atoms with Crippen LogP contribution in [0.5, 0.6) is 0 Å². The summed E-state index contributed by atoms with van der Waals surface area (Å²) in [4.78, 5) is 33.3. The first kappa shape index (κ1) is 22.3. The summed E-state index contributed by atoms with van der Waals surface area (Å²) in [5, 5.41) is 2.33. The Morgan fingerprint density at radius 2 is 1.61 bits per heavy atom. The van der Waals surface area contributed by atoms with Crippen molar-refractivity contribution in [2.75, 3.05) is 5.32 Å². The van der Waals surface area contributed by atoms with Crippen LogP contribution >= 0.6 is 0 Å². The number of aliphatic imine (C=N–C) groups is 1. The summed E-state index contributed by atoms with van der Waals surface area (Å²) < 4.78 is 85.8. The smallest absolute Gasteiger partial charge is 0.325 e. The van der Waals surface area contributed by atoms with Crippen LogP contribution in [0.3, 0.4) is 0 Å². The van der Waals surface area contributed by atoms with Crippen LogP contribution in [0.4, 0.5) is 32.2 Å². The number of fused-ring (bicyclic) bond motifs is 1. The fourth-order valence-corrected chi connectivity index (χ4v) is 3.50. The van der Waals surface area contributed by atoms with E-state index in [0.717, 1.165) is 11.8 Å². The monoisotopic (exact) mass is 469 g/mol. The molecule has 0 aliphatic carbocycles. The van der Waals surface area contributed by atoms with Gasteiger partial charge in [-0.05, 0) is 31.2 Å². The number of nitrogens with one attached hydrogen (secondary N) is 2. The molecule has 2 N–H and O–H groups in total. The number of H-pyrrole nitrogens is 1. The van der Waals surface area contributed by atoms with Crippen molar-refractivity contribution < 1.29 is 26.3 Å². The van der Waals surface area contributed by atoms with Crippen molar-refractivity contribution in [2.45, 2.75) is 24.8 Å². The highest BCUT2D eigenvalue weighted by Crippen LogP contribution is 2.55. The van der Waals surface area contributed by atoms with Crippen molar-refractivity contribution in [3.8, 4) is 5.69 Å². The number of hydrogen-bond acceptors (Lipinski definition) is 5. The van der Waals surface area contributed by atoms with E-state index in [0.29, 0.717) is 4.57 Å². The van der Waals surface area contributed by atoms with Crippen molar-refractivity contribution in [1.82, 2.24) is 14.5 Å². The topological polar surface area (TPSA) is 92.1 Å². The van der Waals surface area contributed by atoms with E-state index in [1.54, 1.807) is 11.9 Å². The number of aromatic amines is 1. The van der Waals surface area contributed by atoms with Gasteiger partial charge in [-0.1, -0.05) is 17.7 Å². The SMILES string of the molecule is Cc1ccc(-n2c3c(c(=O)[nH]c2=O)C(C(F)(F)F)(C(F)(F)F)N=C(c2cccnc2)N3)cc1. The van der Waals surface area contributed by atoms with E-state index >= 15 is 0 Å². The normalized spacial score (nSPS) is 15.4. The summed E-state index contributed by atoms with van der Waals surface area (Å²) in [6.07, 6.45) is -9.92. The van der Waals surface area contributed by atoms with E-state index in [2.05, 4.69) is 15.3 Å². The number of rotatable bonds is 2. The maximum atomic E-state index is 14.2. The molecule has 1 aliphatic rings. The van der Waals surface area contributed by atoms with Gasteiger partial charge in [-0.15, -0.1) is 0 Å². The molecule has 0 radical (unpaired) electrons. The largest absolute Gasteiger partial charge is 0.427 e. The van der Waals surface area contributed by atoms with E-state index in [1.165, 1.54) is 42.6 Å².